The maximum absolute atomic E-state index is 6.64. The van der Waals surface area contributed by atoms with E-state index < -0.39 is 8.32 Å². The molecule has 1 fully saturated rings. The molecule has 1 heterocycles. The highest BCUT2D eigenvalue weighted by molar-refractivity contribution is 6.74. The molecule has 1 rings (SSSR count). The summed E-state index contributed by atoms with van der Waals surface area (Å²) in [5, 5.41) is 0.288. The zero-order valence-corrected chi connectivity index (χ0v) is 19.9. The first kappa shape index (κ1) is 24.2. The lowest BCUT2D eigenvalue weighted by Gasteiger charge is -2.39. The maximum Gasteiger partial charge on any atom is 0.192 e. The van der Waals surface area contributed by atoms with E-state index in [1.165, 1.54) is 83.5 Å². The molecular weight excluding hydrogens is 336 g/mol. The number of hydrogen-bond donors (Lipinski definition) is 0. The Kier molecular flexibility index (Phi) is 11.7. The van der Waals surface area contributed by atoms with Gasteiger partial charge in [-0.15, -0.1) is 0 Å². The molecule has 0 aromatic heterocycles. The van der Waals surface area contributed by atoms with Gasteiger partial charge < -0.3 is 9.16 Å². The van der Waals surface area contributed by atoms with E-state index in [0.29, 0.717) is 12.2 Å². The van der Waals surface area contributed by atoms with Gasteiger partial charge in [0, 0.05) is 0 Å². The summed E-state index contributed by atoms with van der Waals surface area (Å²) in [6, 6.07) is 0. The van der Waals surface area contributed by atoms with Crippen molar-refractivity contribution in [2.24, 2.45) is 0 Å². The Hall–Kier alpha value is 0.137. The molecule has 0 unspecified atom stereocenters. The third-order valence-electron chi connectivity index (χ3n) is 6.37. The maximum atomic E-state index is 6.64. The molecule has 0 aromatic carbocycles. The van der Waals surface area contributed by atoms with E-state index in [-0.39, 0.29) is 5.04 Å². The minimum absolute atomic E-state index is 0.288. The van der Waals surface area contributed by atoms with E-state index in [4.69, 9.17) is 9.16 Å². The van der Waals surface area contributed by atoms with Crippen LogP contribution in [0.15, 0.2) is 0 Å². The van der Waals surface area contributed by atoms with E-state index >= 15 is 0 Å². The van der Waals surface area contributed by atoms with E-state index in [1.807, 2.05) is 0 Å². The summed E-state index contributed by atoms with van der Waals surface area (Å²) in [5.41, 5.74) is 0. The Labute approximate surface area is 165 Å². The molecule has 0 bridgehead atoms. The van der Waals surface area contributed by atoms with Gasteiger partial charge in [0.15, 0.2) is 8.32 Å². The second kappa shape index (κ2) is 12.6. The van der Waals surface area contributed by atoms with E-state index in [2.05, 4.69) is 40.8 Å². The quantitative estimate of drug-likeness (QED) is 0.153. The monoisotopic (exact) mass is 384 g/mol. The molecule has 0 amide bonds. The van der Waals surface area contributed by atoms with Crippen LogP contribution in [-0.2, 0) is 9.16 Å². The summed E-state index contributed by atoms with van der Waals surface area (Å²) in [6.45, 7) is 14.9. The first-order valence-electron chi connectivity index (χ1n) is 11.6. The Balaban J connectivity index is 2.03. The van der Waals surface area contributed by atoms with Crippen molar-refractivity contribution in [1.82, 2.24) is 0 Å². The van der Waals surface area contributed by atoms with Gasteiger partial charge in [0.05, 0.1) is 12.7 Å². The number of rotatable bonds is 16. The van der Waals surface area contributed by atoms with Crippen molar-refractivity contribution in [3.63, 3.8) is 0 Å². The van der Waals surface area contributed by atoms with Gasteiger partial charge in [0.25, 0.3) is 0 Å². The van der Waals surface area contributed by atoms with Crippen LogP contribution in [0.1, 0.15) is 111 Å². The molecule has 0 aromatic rings. The summed E-state index contributed by atoms with van der Waals surface area (Å²) >= 11 is 0. The van der Waals surface area contributed by atoms with E-state index in [0.717, 1.165) is 6.61 Å². The Bertz CT molecular complexity index is 345. The van der Waals surface area contributed by atoms with Crippen molar-refractivity contribution < 1.29 is 9.16 Å². The smallest absolute Gasteiger partial charge is 0.192 e. The molecule has 3 heteroatoms. The fourth-order valence-electron chi connectivity index (χ4n) is 3.33. The highest BCUT2D eigenvalue weighted by atomic mass is 28.4. The van der Waals surface area contributed by atoms with Crippen LogP contribution < -0.4 is 0 Å². The summed E-state index contributed by atoms with van der Waals surface area (Å²) in [6.07, 6.45) is 18.9. The van der Waals surface area contributed by atoms with Gasteiger partial charge in [-0.1, -0.05) is 105 Å². The average Bonchev–Trinajstić information content (AvgIpc) is 3.38. The van der Waals surface area contributed by atoms with Gasteiger partial charge in [0.1, 0.15) is 6.10 Å². The molecule has 0 aliphatic carbocycles. The largest absolute Gasteiger partial charge is 0.411 e. The zero-order chi connectivity index (χ0) is 19.5. The lowest BCUT2D eigenvalue weighted by atomic mass is 10.0. The third kappa shape index (κ3) is 10.5. The summed E-state index contributed by atoms with van der Waals surface area (Å²) in [5.74, 6) is 0. The molecule has 1 saturated heterocycles. The molecular formula is C23H48O2Si. The fraction of sp³-hybridized carbons (Fsp3) is 1.00. The summed E-state index contributed by atoms with van der Waals surface area (Å²) in [4.78, 5) is 0. The van der Waals surface area contributed by atoms with Gasteiger partial charge in [0.2, 0.25) is 0 Å². The van der Waals surface area contributed by atoms with Crippen LogP contribution in [0.25, 0.3) is 0 Å². The lowest BCUT2D eigenvalue weighted by molar-refractivity contribution is 0.131. The van der Waals surface area contributed by atoms with Gasteiger partial charge in [-0.2, -0.15) is 0 Å². The Morgan fingerprint density at radius 1 is 0.846 bits per heavy atom. The SMILES string of the molecule is CCCCCCCCCCCCCC[C@H](O[Si](C)(C)C(C)(C)C)[C@@H]1CO1. The number of ether oxygens (including phenoxy) is 1. The number of epoxide rings is 1. The Morgan fingerprint density at radius 3 is 1.65 bits per heavy atom. The van der Waals surface area contributed by atoms with Gasteiger partial charge in [-0.25, -0.2) is 0 Å². The second-order valence-electron chi connectivity index (χ2n) is 9.97. The minimum Gasteiger partial charge on any atom is -0.411 e. The normalized spacial score (nSPS) is 18.9. The van der Waals surface area contributed by atoms with Gasteiger partial charge >= 0.3 is 0 Å². The first-order valence-corrected chi connectivity index (χ1v) is 14.5. The minimum atomic E-state index is -1.67. The van der Waals surface area contributed by atoms with Crippen LogP contribution in [0.3, 0.4) is 0 Å². The third-order valence-corrected chi connectivity index (χ3v) is 10.9. The molecule has 0 saturated carbocycles. The Morgan fingerprint density at radius 2 is 1.27 bits per heavy atom. The average molecular weight is 385 g/mol. The molecule has 0 radical (unpaired) electrons. The van der Waals surface area contributed by atoms with E-state index in [1.54, 1.807) is 0 Å². The molecule has 156 valence electrons. The summed E-state index contributed by atoms with van der Waals surface area (Å²) in [7, 11) is -1.67. The number of hydrogen-bond acceptors (Lipinski definition) is 2. The predicted molar refractivity (Wildman–Crippen MR) is 118 cm³/mol. The molecule has 26 heavy (non-hydrogen) atoms. The van der Waals surface area contributed by atoms with Crippen molar-refractivity contribution in [3.05, 3.63) is 0 Å². The zero-order valence-electron chi connectivity index (χ0n) is 18.9. The molecule has 2 atom stereocenters. The number of unbranched alkanes of at least 4 members (excludes halogenated alkanes) is 11. The van der Waals surface area contributed by atoms with Gasteiger partial charge in [-0.05, 0) is 24.6 Å². The van der Waals surface area contributed by atoms with Crippen molar-refractivity contribution in [3.8, 4) is 0 Å². The molecule has 1 aliphatic heterocycles. The summed E-state index contributed by atoms with van der Waals surface area (Å²) < 4.78 is 12.2. The van der Waals surface area contributed by atoms with Crippen molar-refractivity contribution >= 4 is 8.32 Å². The van der Waals surface area contributed by atoms with Crippen LogP contribution in [0, 0.1) is 0 Å². The van der Waals surface area contributed by atoms with Crippen LogP contribution in [-0.4, -0.2) is 27.1 Å². The lowest BCUT2D eigenvalue weighted by Crippen LogP contribution is -2.45. The molecule has 0 spiro atoms. The molecule has 1 aliphatic rings. The van der Waals surface area contributed by atoms with Gasteiger partial charge in [-0.3, -0.25) is 0 Å². The first-order chi connectivity index (χ1) is 12.3. The molecule has 2 nitrogen and oxygen atoms in total. The topological polar surface area (TPSA) is 21.8 Å². The highest BCUT2D eigenvalue weighted by Crippen LogP contribution is 2.39. The molecule has 0 N–H and O–H groups in total. The van der Waals surface area contributed by atoms with Crippen LogP contribution in [0.5, 0.6) is 0 Å². The predicted octanol–water partition coefficient (Wildman–Crippen LogP) is 7.87. The fourth-order valence-corrected chi connectivity index (χ4v) is 4.71. The van der Waals surface area contributed by atoms with E-state index in [9.17, 15) is 0 Å². The van der Waals surface area contributed by atoms with Crippen molar-refractivity contribution in [2.45, 2.75) is 142 Å². The van der Waals surface area contributed by atoms with Crippen LogP contribution in [0.2, 0.25) is 18.1 Å². The van der Waals surface area contributed by atoms with Crippen molar-refractivity contribution in [1.29, 1.82) is 0 Å². The van der Waals surface area contributed by atoms with Crippen LogP contribution >= 0.6 is 0 Å². The standard InChI is InChI=1S/C23H48O2Si/c1-7-8-9-10-11-12-13-14-15-16-17-18-19-21(22-20-24-22)25-26(5,6)23(2,3)4/h21-22H,7-20H2,1-6H3/t21-,22-/m0/s1. The van der Waals surface area contributed by atoms with Crippen molar-refractivity contribution in [2.75, 3.05) is 6.61 Å². The highest BCUT2D eigenvalue weighted by Gasteiger charge is 2.43. The van der Waals surface area contributed by atoms with Crippen LogP contribution in [0.4, 0.5) is 0 Å². The second-order valence-corrected chi connectivity index (χ2v) is 14.7.